The van der Waals surface area contributed by atoms with Gasteiger partial charge in [-0.25, -0.2) is 4.68 Å². The average molecular weight is 253 g/mol. The van der Waals surface area contributed by atoms with Crippen LogP contribution in [0.15, 0.2) is 24.7 Å². The fourth-order valence-electron chi connectivity index (χ4n) is 1.22. The Bertz CT molecular complexity index is 438. The molecule has 0 spiro atoms. The second-order valence-corrected chi connectivity index (χ2v) is 3.55. The largest absolute Gasteiger partial charge is 0.262 e. The van der Waals surface area contributed by atoms with E-state index in [0.29, 0.717) is 0 Å². The molecule has 2 rings (SSSR count). The highest BCUT2D eigenvalue weighted by Gasteiger charge is 2.04. The molecule has 0 unspecified atom stereocenters. The summed E-state index contributed by atoms with van der Waals surface area (Å²) in [5.74, 6) is 0. The van der Waals surface area contributed by atoms with E-state index in [1.807, 2.05) is 19.2 Å². The van der Waals surface area contributed by atoms with Crippen molar-refractivity contribution in [2.75, 3.05) is 0 Å². The van der Waals surface area contributed by atoms with Gasteiger partial charge in [-0.2, -0.15) is 0 Å². The lowest BCUT2D eigenvalue weighted by Crippen LogP contribution is -2.01. The van der Waals surface area contributed by atoms with E-state index in [2.05, 4.69) is 31.2 Å². The molecular weight excluding hydrogens is 244 g/mol. The highest BCUT2D eigenvalue weighted by molar-refractivity contribution is 9.08. The van der Waals surface area contributed by atoms with Gasteiger partial charge in [0, 0.05) is 11.5 Å². The third kappa shape index (κ3) is 1.68. The van der Waals surface area contributed by atoms with Crippen LogP contribution in [0.1, 0.15) is 11.3 Å². The highest BCUT2D eigenvalue weighted by atomic mass is 79.9. The van der Waals surface area contributed by atoms with Crippen LogP contribution >= 0.6 is 15.9 Å². The number of alkyl halides is 1. The van der Waals surface area contributed by atoms with E-state index < -0.39 is 0 Å². The third-order valence-corrected chi connectivity index (χ3v) is 2.44. The van der Waals surface area contributed by atoms with Crippen molar-refractivity contribution in [3.63, 3.8) is 0 Å². The third-order valence-electron chi connectivity index (χ3n) is 1.86. The molecule has 2 heterocycles. The normalized spacial score (nSPS) is 10.4. The van der Waals surface area contributed by atoms with E-state index in [-0.39, 0.29) is 0 Å². The molecular formula is C9H9BrN4. The Kier molecular flexibility index (Phi) is 2.58. The maximum Gasteiger partial charge on any atom is 0.0852 e. The van der Waals surface area contributed by atoms with Gasteiger partial charge in [-0.15, -0.1) is 5.10 Å². The van der Waals surface area contributed by atoms with E-state index >= 15 is 0 Å². The van der Waals surface area contributed by atoms with Crippen LogP contribution in [0.2, 0.25) is 0 Å². The summed E-state index contributed by atoms with van der Waals surface area (Å²) < 4.78 is 1.77. The Labute approximate surface area is 90.1 Å². The summed E-state index contributed by atoms with van der Waals surface area (Å²) in [6, 6.07) is 2.02. The Balaban J connectivity index is 2.49. The number of aryl methyl sites for hydroxylation is 1. The number of halogens is 1. The molecule has 0 aliphatic rings. The van der Waals surface area contributed by atoms with Crippen LogP contribution in [0.4, 0.5) is 0 Å². The van der Waals surface area contributed by atoms with Gasteiger partial charge in [0.2, 0.25) is 0 Å². The molecule has 0 aliphatic heterocycles. The summed E-state index contributed by atoms with van der Waals surface area (Å²) in [6.45, 7) is 2.00. The van der Waals surface area contributed by atoms with Crippen molar-refractivity contribution in [1.29, 1.82) is 0 Å². The number of aromatic nitrogens is 4. The summed E-state index contributed by atoms with van der Waals surface area (Å²) in [7, 11) is 0. The molecule has 14 heavy (non-hydrogen) atoms. The van der Waals surface area contributed by atoms with Gasteiger partial charge in [0.25, 0.3) is 0 Å². The minimum Gasteiger partial charge on any atom is -0.262 e. The molecule has 0 amide bonds. The first-order valence-corrected chi connectivity index (χ1v) is 5.31. The van der Waals surface area contributed by atoms with E-state index in [4.69, 9.17) is 0 Å². The summed E-state index contributed by atoms with van der Waals surface area (Å²) in [4.78, 5) is 4.11. The van der Waals surface area contributed by atoms with E-state index in [9.17, 15) is 0 Å². The molecule has 0 aromatic carbocycles. The first kappa shape index (κ1) is 9.33. The number of pyridine rings is 1. The first-order valence-electron chi connectivity index (χ1n) is 4.19. The summed E-state index contributed by atoms with van der Waals surface area (Å²) in [5, 5.41) is 8.58. The molecule has 2 aromatic heterocycles. The Morgan fingerprint density at radius 1 is 1.36 bits per heavy atom. The molecule has 2 aromatic rings. The van der Waals surface area contributed by atoms with Gasteiger partial charge in [-0.05, 0) is 18.6 Å². The van der Waals surface area contributed by atoms with E-state index in [1.165, 1.54) is 0 Å². The van der Waals surface area contributed by atoms with Gasteiger partial charge in [-0.3, -0.25) is 4.98 Å². The van der Waals surface area contributed by atoms with Gasteiger partial charge in [0.1, 0.15) is 0 Å². The van der Waals surface area contributed by atoms with Crippen LogP contribution in [0.5, 0.6) is 0 Å². The smallest absolute Gasteiger partial charge is 0.0852 e. The lowest BCUT2D eigenvalue weighted by atomic mass is 10.3. The van der Waals surface area contributed by atoms with Gasteiger partial charge >= 0.3 is 0 Å². The molecule has 0 aliphatic carbocycles. The van der Waals surface area contributed by atoms with E-state index in [0.717, 1.165) is 22.3 Å². The minimum absolute atomic E-state index is 0.730. The maximum atomic E-state index is 4.11. The lowest BCUT2D eigenvalue weighted by molar-refractivity contribution is 0.778. The fourth-order valence-corrected chi connectivity index (χ4v) is 1.60. The van der Waals surface area contributed by atoms with Crippen molar-refractivity contribution in [2.45, 2.75) is 12.3 Å². The zero-order valence-corrected chi connectivity index (χ0v) is 9.27. The standard InChI is InChI=1S/C9H9BrN4/c1-7-2-8(5-11-4-7)14-9(3-10)6-12-13-14/h2,4-6H,3H2,1H3. The van der Waals surface area contributed by atoms with Crippen molar-refractivity contribution in [1.82, 2.24) is 20.0 Å². The molecule has 5 heteroatoms. The molecule has 0 atom stereocenters. The quantitative estimate of drug-likeness (QED) is 0.767. The number of rotatable bonds is 2. The summed E-state index contributed by atoms with van der Waals surface area (Å²) in [5.41, 5.74) is 3.06. The molecule has 0 radical (unpaired) electrons. The Morgan fingerprint density at radius 2 is 2.21 bits per heavy atom. The Morgan fingerprint density at radius 3 is 2.93 bits per heavy atom. The Hall–Kier alpha value is -1.23. The van der Waals surface area contributed by atoms with Gasteiger partial charge in [0.15, 0.2) is 0 Å². The van der Waals surface area contributed by atoms with Gasteiger partial charge in [0.05, 0.1) is 23.8 Å². The van der Waals surface area contributed by atoms with Crippen LogP contribution in [-0.2, 0) is 5.33 Å². The highest BCUT2D eigenvalue weighted by Crippen LogP contribution is 2.11. The van der Waals surface area contributed by atoms with Crippen molar-refractivity contribution >= 4 is 15.9 Å². The van der Waals surface area contributed by atoms with Crippen molar-refractivity contribution < 1.29 is 0 Å². The minimum atomic E-state index is 0.730. The van der Waals surface area contributed by atoms with Crippen molar-refractivity contribution in [3.05, 3.63) is 35.9 Å². The zero-order chi connectivity index (χ0) is 9.97. The molecule has 0 saturated heterocycles. The van der Waals surface area contributed by atoms with Gasteiger partial charge < -0.3 is 0 Å². The number of hydrogen-bond donors (Lipinski definition) is 0. The van der Waals surface area contributed by atoms with Crippen LogP contribution < -0.4 is 0 Å². The van der Waals surface area contributed by atoms with Crippen molar-refractivity contribution in [2.24, 2.45) is 0 Å². The molecule has 0 N–H and O–H groups in total. The monoisotopic (exact) mass is 252 g/mol. The lowest BCUT2D eigenvalue weighted by Gasteiger charge is -2.03. The molecule has 4 nitrogen and oxygen atoms in total. The number of nitrogens with zero attached hydrogens (tertiary/aromatic N) is 4. The SMILES string of the molecule is Cc1cncc(-n2nncc2CBr)c1. The second-order valence-electron chi connectivity index (χ2n) is 2.99. The van der Waals surface area contributed by atoms with Crippen LogP contribution in [-0.4, -0.2) is 20.0 Å². The maximum absolute atomic E-state index is 4.11. The summed E-state index contributed by atoms with van der Waals surface area (Å²) >= 11 is 3.38. The fraction of sp³-hybridized carbons (Fsp3) is 0.222. The van der Waals surface area contributed by atoms with Crippen molar-refractivity contribution in [3.8, 4) is 5.69 Å². The predicted molar refractivity (Wildman–Crippen MR) is 56.5 cm³/mol. The second kappa shape index (κ2) is 3.88. The first-order chi connectivity index (χ1) is 6.81. The molecule has 0 fully saturated rings. The van der Waals surface area contributed by atoms with E-state index in [1.54, 1.807) is 17.1 Å². The number of hydrogen-bond acceptors (Lipinski definition) is 3. The molecule has 0 bridgehead atoms. The van der Waals surface area contributed by atoms with Gasteiger partial charge in [-0.1, -0.05) is 21.1 Å². The van der Waals surface area contributed by atoms with Crippen LogP contribution in [0.25, 0.3) is 5.69 Å². The van der Waals surface area contributed by atoms with Crippen LogP contribution in [0.3, 0.4) is 0 Å². The van der Waals surface area contributed by atoms with Crippen LogP contribution in [0, 0.1) is 6.92 Å². The average Bonchev–Trinajstić information content (AvgIpc) is 2.65. The topological polar surface area (TPSA) is 43.6 Å². The molecule has 72 valence electrons. The summed E-state index contributed by atoms with van der Waals surface area (Å²) in [6.07, 6.45) is 5.32. The molecule has 0 saturated carbocycles. The zero-order valence-electron chi connectivity index (χ0n) is 7.68. The predicted octanol–water partition coefficient (Wildman–Crippen LogP) is 1.87.